The molecule has 0 saturated heterocycles. The molecule has 0 aliphatic carbocycles. The SMILES string of the molecule is CCNCC(O)c1cnccc1C(F)(F)F. The monoisotopic (exact) mass is 234 g/mol. The van der Waals surface area contributed by atoms with Gasteiger partial charge in [-0.05, 0) is 12.6 Å². The largest absolute Gasteiger partial charge is 0.416 e. The van der Waals surface area contributed by atoms with Crippen molar-refractivity contribution in [2.45, 2.75) is 19.2 Å². The summed E-state index contributed by atoms with van der Waals surface area (Å²) in [5.41, 5.74) is -1.04. The van der Waals surface area contributed by atoms with Gasteiger partial charge >= 0.3 is 6.18 Å². The van der Waals surface area contributed by atoms with Crippen molar-refractivity contribution >= 4 is 0 Å². The smallest absolute Gasteiger partial charge is 0.387 e. The van der Waals surface area contributed by atoms with Gasteiger partial charge in [0, 0.05) is 24.5 Å². The van der Waals surface area contributed by atoms with E-state index in [4.69, 9.17) is 0 Å². The molecular weight excluding hydrogens is 221 g/mol. The summed E-state index contributed by atoms with van der Waals surface area (Å²) in [5, 5.41) is 12.4. The first-order chi connectivity index (χ1) is 7.46. The molecule has 2 N–H and O–H groups in total. The van der Waals surface area contributed by atoms with Crippen LogP contribution in [0.2, 0.25) is 0 Å². The third kappa shape index (κ3) is 3.18. The van der Waals surface area contributed by atoms with E-state index < -0.39 is 17.8 Å². The van der Waals surface area contributed by atoms with Crippen molar-refractivity contribution < 1.29 is 18.3 Å². The Bertz CT molecular complexity index is 341. The summed E-state index contributed by atoms with van der Waals surface area (Å²) in [6.45, 7) is 2.46. The first-order valence-electron chi connectivity index (χ1n) is 4.86. The highest BCUT2D eigenvalue weighted by Crippen LogP contribution is 2.33. The zero-order chi connectivity index (χ0) is 12.2. The fraction of sp³-hybridized carbons (Fsp3) is 0.500. The number of aliphatic hydroxyl groups is 1. The molecule has 1 aromatic rings. The Balaban J connectivity index is 2.94. The molecule has 3 nitrogen and oxygen atoms in total. The lowest BCUT2D eigenvalue weighted by Crippen LogP contribution is -2.23. The first-order valence-corrected chi connectivity index (χ1v) is 4.86. The number of halogens is 3. The molecule has 1 atom stereocenters. The second kappa shape index (κ2) is 5.27. The molecule has 0 bridgehead atoms. The van der Waals surface area contributed by atoms with Gasteiger partial charge in [0.1, 0.15) is 0 Å². The highest BCUT2D eigenvalue weighted by molar-refractivity contribution is 5.28. The Kier molecular flexibility index (Phi) is 4.26. The molecule has 1 rings (SSSR count). The normalized spacial score (nSPS) is 13.8. The number of pyridine rings is 1. The Morgan fingerprint density at radius 3 is 2.75 bits per heavy atom. The van der Waals surface area contributed by atoms with Crippen molar-refractivity contribution in [2.24, 2.45) is 0 Å². The number of nitrogens with zero attached hydrogens (tertiary/aromatic N) is 1. The maximum atomic E-state index is 12.6. The maximum Gasteiger partial charge on any atom is 0.416 e. The molecule has 0 spiro atoms. The predicted molar refractivity (Wildman–Crippen MR) is 52.7 cm³/mol. The average molecular weight is 234 g/mol. The molecule has 1 aromatic heterocycles. The average Bonchev–Trinajstić information content (AvgIpc) is 2.24. The molecule has 0 aliphatic rings. The van der Waals surface area contributed by atoms with Crippen molar-refractivity contribution in [3.8, 4) is 0 Å². The van der Waals surface area contributed by atoms with Crippen molar-refractivity contribution in [1.82, 2.24) is 10.3 Å². The topological polar surface area (TPSA) is 45.1 Å². The molecule has 6 heteroatoms. The van der Waals surface area contributed by atoms with Gasteiger partial charge in [0.2, 0.25) is 0 Å². The van der Waals surface area contributed by atoms with E-state index in [1.807, 2.05) is 0 Å². The van der Waals surface area contributed by atoms with Crippen LogP contribution in [0.25, 0.3) is 0 Å². The Labute approximate surface area is 91.3 Å². The Morgan fingerprint density at radius 2 is 2.19 bits per heavy atom. The summed E-state index contributed by atoms with van der Waals surface area (Å²) >= 11 is 0. The van der Waals surface area contributed by atoms with Crippen LogP contribution in [0.4, 0.5) is 13.2 Å². The van der Waals surface area contributed by atoms with Gasteiger partial charge in [0.25, 0.3) is 0 Å². The molecule has 1 heterocycles. The molecule has 0 aliphatic heterocycles. The second-order valence-corrected chi connectivity index (χ2v) is 3.28. The quantitative estimate of drug-likeness (QED) is 0.834. The minimum absolute atomic E-state index is 0.0747. The van der Waals surface area contributed by atoms with Crippen molar-refractivity contribution in [3.05, 3.63) is 29.6 Å². The van der Waals surface area contributed by atoms with Crippen molar-refractivity contribution in [3.63, 3.8) is 0 Å². The molecule has 0 amide bonds. The summed E-state index contributed by atoms with van der Waals surface area (Å²) in [6.07, 6.45) is -3.56. The maximum absolute atomic E-state index is 12.6. The Hall–Kier alpha value is -1.14. The van der Waals surface area contributed by atoms with Gasteiger partial charge in [-0.3, -0.25) is 4.98 Å². The van der Waals surface area contributed by atoms with Gasteiger partial charge in [-0.15, -0.1) is 0 Å². The first kappa shape index (κ1) is 12.9. The lowest BCUT2D eigenvalue weighted by atomic mass is 10.0. The molecule has 0 fully saturated rings. The minimum Gasteiger partial charge on any atom is -0.387 e. The van der Waals surface area contributed by atoms with Crippen LogP contribution in [0.1, 0.15) is 24.2 Å². The molecule has 0 radical (unpaired) electrons. The van der Waals surface area contributed by atoms with E-state index in [9.17, 15) is 18.3 Å². The number of likely N-dealkylation sites (N-methyl/N-ethyl adjacent to an activating group) is 1. The van der Waals surface area contributed by atoms with Crippen molar-refractivity contribution in [1.29, 1.82) is 0 Å². The van der Waals surface area contributed by atoms with E-state index in [1.165, 1.54) is 0 Å². The predicted octanol–water partition coefficient (Wildman–Crippen LogP) is 1.74. The summed E-state index contributed by atoms with van der Waals surface area (Å²) in [5.74, 6) is 0. The second-order valence-electron chi connectivity index (χ2n) is 3.28. The van der Waals surface area contributed by atoms with Gasteiger partial charge in [0.05, 0.1) is 11.7 Å². The van der Waals surface area contributed by atoms with E-state index in [0.29, 0.717) is 6.54 Å². The number of aromatic nitrogens is 1. The van der Waals surface area contributed by atoms with Crippen LogP contribution in [0.5, 0.6) is 0 Å². The number of alkyl halides is 3. The molecular formula is C10H13F3N2O. The van der Waals surface area contributed by atoms with E-state index >= 15 is 0 Å². The van der Waals surface area contributed by atoms with E-state index in [2.05, 4.69) is 10.3 Å². The lowest BCUT2D eigenvalue weighted by Gasteiger charge is -2.16. The highest BCUT2D eigenvalue weighted by atomic mass is 19.4. The standard InChI is InChI=1S/C10H13F3N2O/c1-2-14-6-9(16)7-5-15-4-3-8(7)10(11,12)13/h3-5,9,14,16H,2,6H2,1H3. The molecule has 0 saturated carbocycles. The van der Waals surface area contributed by atoms with Gasteiger partial charge < -0.3 is 10.4 Å². The lowest BCUT2D eigenvalue weighted by molar-refractivity contribution is -0.139. The van der Waals surface area contributed by atoms with Crippen molar-refractivity contribution in [2.75, 3.05) is 13.1 Å². The number of aliphatic hydroxyl groups excluding tert-OH is 1. The summed E-state index contributed by atoms with van der Waals surface area (Å²) in [4.78, 5) is 3.60. The van der Waals surface area contributed by atoms with Gasteiger partial charge in [-0.1, -0.05) is 6.92 Å². The van der Waals surface area contributed by atoms with Gasteiger partial charge in [-0.25, -0.2) is 0 Å². The third-order valence-corrected chi connectivity index (χ3v) is 2.10. The van der Waals surface area contributed by atoms with E-state index in [-0.39, 0.29) is 12.1 Å². The van der Waals surface area contributed by atoms with Gasteiger partial charge in [0.15, 0.2) is 0 Å². The van der Waals surface area contributed by atoms with E-state index in [0.717, 1.165) is 18.5 Å². The summed E-state index contributed by atoms with van der Waals surface area (Å²) in [6, 6.07) is 0.866. The highest BCUT2D eigenvalue weighted by Gasteiger charge is 2.34. The molecule has 90 valence electrons. The van der Waals surface area contributed by atoms with Crippen LogP contribution >= 0.6 is 0 Å². The number of rotatable bonds is 4. The molecule has 0 aromatic carbocycles. The van der Waals surface area contributed by atoms with Crippen LogP contribution in [-0.4, -0.2) is 23.2 Å². The van der Waals surface area contributed by atoms with Crippen LogP contribution in [-0.2, 0) is 6.18 Å². The summed E-state index contributed by atoms with van der Waals surface area (Å²) in [7, 11) is 0. The van der Waals surface area contributed by atoms with Crippen LogP contribution in [0, 0.1) is 0 Å². The molecule has 16 heavy (non-hydrogen) atoms. The van der Waals surface area contributed by atoms with Gasteiger partial charge in [-0.2, -0.15) is 13.2 Å². The molecule has 1 unspecified atom stereocenters. The Morgan fingerprint density at radius 1 is 1.50 bits per heavy atom. The van der Waals surface area contributed by atoms with Crippen LogP contribution < -0.4 is 5.32 Å². The fourth-order valence-corrected chi connectivity index (χ4v) is 1.32. The number of nitrogens with one attached hydrogen (secondary N) is 1. The van der Waals surface area contributed by atoms with Crippen LogP contribution in [0.3, 0.4) is 0 Å². The number of hydrogen-bond acceptors (Lipinski definition) is 3. The van der Waals surface area contributed by atoms with Crippen LogP contribution in [0.15, 0.2) is 18.5 Å². The number of hydrogen-bond donors (Lipinski definition) is 2. The zero-order valence-electron chi connectivity index (χ0n) is 8.75. The van der Waals surface area contributed by atoms with E-state index in [1.54, 1.807) is 6.92 Å². The zero-order valence-corrected chi connectivity index (χ0v) is 8.75. The fourth-order valence-electron chi connectivity index (χ4n) is 1.32. The third-order valence-electron chi connectivity index (χ3n) is 2.10. The minimum atomic E-state index is -4.47. The summed E-state index contributed by atoms with van der Waals surface area (Å²) < 4.78 is 37.7.